The van der Waals surface area contributed by atoms with Gasteiger partial charge in [-0.25, -0.2) is 9.67 Å². The molecule has 0 spiro atoms. The van der Waals surface area contributed by atoms with Crippen molar-refractivity contribution in [2.75, 3.05) is 5.32 Å². The van der Waals surface area contributed by atoms with Crippen LogP contribution in [0.15, 0.2) is 49.1 Å². The van der Waals surface area contributed by atoms with Crippen LogP contribution in [0.25, 0.3) is 17.2 Å². The molecule has 22 heavy (non-hydrogen) atoms. The first-order valence-corrected chi connectivity index (χ1v) is 6.85. The molecule has 0 saturated heterocycles. The van der Waals surface area contributed by atoms with Crippen LogP contribution in [0.3, 0.4) is 0 Å². The molecule has 3 aromatic rings. The molecule has 0 aliphatic rings. The van der Waals surface area contributed by atoms with E-state index in [1.807, 2.05) is 12.1 Å². The number of carbonyl (C=O) groups excluding carboxylic acids is 1. The minimum Gasteiger partial charge on any atom is -0.311 e. The standard InChI is InChI=1S/C15H14N6O/c1-2-14(22)19-13-10-12(11-4-7-16-8-5-11)18-15(20-13)21-9-3-6-17-21/h3-10H,2H2,1H3,(H,18,19,20,22). The van der Waals surface area contributed by atoms with Crippen molar-refractivity contribution in [3.63, 3.8) is 0 Å². The van der Waals surface area contributed by atoms with E-state index in [1.54, 1.807) is 48.5 Å². The average Bonchev–Trinajstić information content (AvgIpc) is 3.10. The van der Waals surface area contributed by atoms with Gasteiger partial charge in [-0.1, -0.05) is 6.92 Å². The van der Waals surface area contributed by atoms with Gasteiger partial charge in [-0.2, -0.15) is 10.1 Å². The first kappa shape index (κ1) is 13.9. The largest absolute Gasteiger partial charge is 0.311 e. The number of carbonyl (C=O) groups is 1. The quantitative estimate of drug-likeness (QED) is 0.796. The van der Waals surface area contributed by atoms with Gasteiger partial charge in [0.1, 0.15) is 5.82 Å². The third-order valence-electron chi connectivity index (χ3n) is 2.99. The zero-order chi connectivity index (χ0) is 15.4. The maximum Gasteiger partial charge on any atom is 0.253 e. The van der Waals surface area contributed by atoms with Crippen molar-refractivity contribution >= 4 is 11.7 Å². The molecule has 3 heterocycles. The lowest BCUT2D eigenvalue weighted by molar-refractivity contribution is -0.115. The Balaban J connectivity index is 2.07. The van der Waals surface area contributed by atoms with Gasteiger partial charge in [0.15, 0.2) is 0 Å². The Bertz CT molecular complexity index is 770. The molecule has 3 aromatic heterocycles. The van der Waals surface area contributed by atoms with E-state index in [1.165, 1.54) is 0 Å². The minimum absolute atomic E-state index is 0.106. The predicted molar refractivity (Wildman–Crippen MR) is 81.3 cm³/mol. The van der Waals surface area contributed by atoms with E-state index in [0.29, 0.717) is 23.9 Å². The highest BCUT2D eigenvalue weighted by Gasteiger charge is 2.10. The van der Waals surface area contributed by atoms with Crippen molar-refractivity contribution in [2.24, 2.45) is 0 Å². The fourth-order valence-corrected chi connectivity index (χ4v) is 1.89. The normalized spacial score (nSPS) is 10.4. The van der Waals surface area contributed by atoms with Gasteiger partial charge in [0.05, 0.1) is 5.69 Å². The second-order valence-corrected chi connectivity index (χ2v) is 4.53. The van der Waals surface area contributed by atoms with E-state index in [0.717, 1.165) is 5.56 Å². The second kappa shape index (κ2) is 6.13. The fourth-order valence-electron chi connectivity index (χ4n) is 1.89. The van der Waals surface area contributed by atoms with Crippen molar-refractivity contribution in [3.8, 4) is 17.2 Å². The van der Waals surface area contributed by atoms with Crippen molar-refractivity contribution in [3.05, 3.63) is 49.1 Å². The molecule has 3 rings (SSSR count). The highest BCUT2D eigenvalue weighted by molar-refractivity contribution is 5.90. The van der Waals surface area contributed by atoms with Gasteiger partial charge < -0.3 is 5.32 Å². The molecule has 0 aliphatic carbocycles. The Morgan fingerprint density at radius 3 is 2.73 bits per heavy atom. The van der Waals surface area contributed by atoms with E-state index >= 15 is 0 Å². The van der Waals surface area contributed by atoms with E-state index in [9.17, 15) is 4.79 Å². The number of rotatable bonds is 4. The SMILES string of the molecule is CCC(=O)Nc1cc(-c2ccncc2)nc(-n2cccn2)n1. The minimum atomic E-state index is -0.106. The van der Waals surface area contributed by atoms with Gasteiger partial charge in [0.2, 0.25) is 5.91 Å². The molecule has 7 nitrogen and oxygen atoms in total. The number of nitrogens with zero attached hydrogens (tertiary/aromatic N) is 5. The molecule has 0 aromatic carbocycles. The molecule has 0 fully saturated rings. The molecule has 0 radical (unpaired) electrons. The van der Waals surface area contributed by atoms with Crippen LogP contribution in [0.5, 0.6) is 0 Å². The van der Waals surface area contributed by atoms with E-state index in [4.69, 9.17) is 0 Å². The lowest BCUT2D eigenvalue weighted by atomic mass is 10.2. The summed E-state index contributed by atoms with van der Waals surface area (Å²) in [6, 6.07) is 7.21. The predicted octanol–water partition coefficient (Wildman–Crippen LogP) is 2.07. The highest BCUT2D eigenvalue weighted by Crippen LogP contribution is 2.20. The maximum atomic E-state index is 11.6. The molecular weight excluding hydrogens is 280 g/mol. The molecule has 7 heteroatoms. The lowest BCUT2D eigenvalue weighted by Crippen LogP contribution is -2.13. The smallest absolute Gasteiger partial charge is 0.253 e. The van der Waals surface area contributed by atoms with Gasteiger partial charge in [-0.3, -0.25) is 9.78 Å². The number of amides is 1. The van der Waals surface area contributed by atoms with Gasteiger partial charge in [0.25, 0.3) is 5.95 Å². The zero-order valence-electron chi connectivity index (χ0n) is 12.0. The molecule has 110 valence electrons. The third-order valence-corrected chi connectivity index (χ3v) is 2.99. The molecule has 0 atom stereocenters. The molecule has 0 bridgehead atoms. The maximum absolute atomic E-state index is 11.6. The van der Waals surface area contributed by atoms with Gasteiger partial charge in [0, 0.05) is 42.8 Å². The van der Waals surface area contributed by atoms with Crippen LogP contribution in [0, 0.1) is 0 Å². The third kappa shape index (κ3) is 2.98. The summed E-state index contributed by atoms with van der Waals surface area (Å²) in [6.45, 7) is 1.79. The van der Waals surface area contributed by atoms with Gasteiger partial charge in [-0.15, -0.1) is 0 Å². The molecular formula is C15H14N6O. The molecule has 1 N–H and O–H groups in total. The second-order valence-electron chi connectivity index (χ2n) is 4.53. The topological polar surface area (TPSA) is 85.6 Å². The lowest BCUT2D eigenvalue weighted by Gasteiger charge is -2.09. The number of hydrogen-bond donors (Lipinski definition) is 1. The summed E-state index contributed by atoms with van der Waals surface area (Å²) >= 11 is 0. The number of pyridine rings is 1. The van der Waals surface area contributed by atoms with Gasteiger partial charge in [-0.05, 0) is 18.2 Å². The first-order valence-electron chi connectivity index (χ1n) is 6.85. The van der Waals surface area contributed by atoms with Crippen LogP contribution in [-0.4, -0.2) is 30.6 Å². The average molecular weight is 294 g/mol. The molecule has 0 unspecified atom stereocenters. The van der Waals surface area contributed by atoms with Crippen molar-refractivity contribution in [2.45, 2.75) is 13.3 Å². The van der Waals surface area contributed by atoms with Gasteiger partial charge >= 0.3 is 0 Å². The van der Waals surface area contributed by atoms with Crippen molar-refractivity contribution in [1.82, 2.24) is 24.7 Å². The van der Waals surface area contributed by atoms with Crippen LogP contribution in [0.2, 0.25) is 0 Å². The van der Waals surface area contributed by atoms with Crippen LogP contribution < -0.4 is 5.32 Å². The summed E-state index contributed by atoms with van der Waals surface area (Å²) in [7, 11) is 0. The summed E-state index contributed by atoms with van der Waals surface area (Å²) in [6.07, 6.45) is 7.15. The van der Waals surface area contributed by atoms with Crippen LogP contribution in [0.4, 0.5) is 5.82 Å². The van der Waals surface area contributed by atoms with E-state index in [-0.39, 0.29) is 5.91 Å². The van der Waals surface area contributed by atoms with Crippen LogP contribution >= 0.6 is 0 Å². The van der Waals surface area contributed by atoms with Crippen LogP contribution in [0.1, 0.15) is 13.3 Å². The Labute approximate surface area is 127 Å². The molecule has 0 aliphatic heterocycles. The monoisotopic (exact) mass is 294 g/mol. The summed E-state index contributed by atoms with van der Waals surface area (Å²) in [5.41, 5.74) is 1.58. The number of anilines is 1. The van der Waals surface area contributed by atoms with Crippen LogP contribution in [-0.2, 0) is 4.79 Å². The zero-order valence-corrected chi connectivity index (χ0v) is 12.0. The van der Waals surface area contributed by atoms with E-state index in [2.05, 4.69) is 25.4 Å². The first-order chi connectivity index (χ1) is 10.8. The number of aromatic nitrogens is 5. The number of nitrogens with one attached hydrogen (secondary N) is 1. The summed E-state index contributed by atoms with van der Waals surface area (Å²) in [5.74, 6) is 0.732. The summed E-state index contributed by atoms with van der Waals surface area (Å²) in [5, 5.41) is 6.89. The summed E-state index contributed by atoms with van der Waals surface area (Å²) < 4.78 is 1.55. The fraction of sp³-hybridized carbons (Fsp3) is 0.133. The van der Waals surface area contributed by atoms with Crippen molar-refractivity contribution in [1.29, 1.82) is 0 Å². The number of hydrogen-bond acceptors (Lipinski definition) is 5. The molecule has 0 saturated carbocycles. The summed E-state index contributed by atoms with van der Waals surface area (Å²) in [4.78, 5) is 24.4. The van der Waals surface area contributed by atoms with E-state index < -0.39 is 0 Å². The van der Waals surface area contributed by atoms with Crippen molar-refractivity contribution < 1.29 is 4.79 Å². The Kier molecular flexibility index (Phi) is 3.86. The molecule has 1 amide bonds. The Hall–Kier alpha value is -3.09. The Morgan fingerprint density at radius 1 is 1.23 bits per heavy atom. The highest BCUT2D eigenvalue weighted by atomic mass is 16.1. The Morgan fingerprint density at radius 2 is 2.05 bits per heavy atom.